The van der Waals surface area contributed by atoms with Crippen LogP contribution in [0.1, 0.15) is 37.7 Å². The molecule has 2 unspecified atom stereocenters. The van der Waals surface area contributed by atoms with Crippen LogP contribution in [0.15, 0.2) is 30.3 Å². The summed E-state index contributed by atoms with van der Waals surface area (Å²) in [5.74, 6) is 0.139. The molecule has 0 saturated carbocycles. The molecule has 2 saturated heterocycles. The molecule has 3 rings (SSSR count). The molecule has 26 heavy (non-hydrogen) atoms. The van der Waals surface area contributed by atoms with Crippen LogP contribution in [0, 0.1) is 11.3 Å². The summed E-state index contributed by atoms with van der Waals surface area (Å²) < 4.78 is 0. The average molecular weight is 354 g/mol. The lowest BCUT2D eigenvalue weighted by atomic mass is 10.0. The lowest BCUT2D eigenvalue weighted by Crippen LogP contribution is -2.49. The number of nitriles is 1. The van der Waals surface area contributed by atoms with Crippen LogP contribution in [0.3, 0.4) is 0 Å². The zero-order valence-electron chi connectivity index (χ0n) is 15.8. The number of amides is 1. The van der Waals surface area contributed by atoms with Gasteiger partial charge in [-0.2, -0.15) is 5.26 Å². The zero-order chi connectivity index (χ0) is 18.4. The van der Waals surface area contributed by atoms with E-state index in [1.54, 1.807) is 4.90 Å². The predicted octanol–water partition coefficient (Wildman–Crippen LogP) is 2.49. The molecule has 2 aliphatic rings. The molecule has 1 aromatic rings. The van der Waals surface area contributed by atoms with Crippen molar-refractivity contribution in [3.8, 4) is 6.07 Å². The Morgan fingerprint density at radius 2 is 1.81 bits per heavy atom. The third kappa shape index (κ3) is 4.63. The summed E-state index contributed by atoms with van der Waals surface area (Å²) in [6.07, 6.45) is 5.24. The number of likely N-dealkylation sites (N-methyl/N-ethyl adjacent to an activating group) is 1. The monoisotopic (exact) mass is 354 g/mol. The average Bonchev–Trinajstić information content (AvgIpc) is 3.29. The Balaban J connectivity index is 1.60. The van der Waals surface area contributed by atoms with E-state index >= 15 is 0 Å². The Bertz CT molecular complexity index is 627. The second-order valence-electron chi connectivity index (χ2n) is 7.57. The Labute approximate surface area is 157 Å². The molecule has 0 radical (unpaired) electrons. The van der Waals surface area contributed by atoms with E-state index in [-0.39, 0.29) is 5.91 Å². The fourth-order valence-corrected chi connectivity index (χ4v) is 4.42. The maximum Gasteiger partial charge on any atom is 0.236 e. The van der Waals surface area contributed by atoms with Gasteiger partial charge in [0.2, 0.25) is 5.91 Å². The van der Waals surface area contributed by atoms with E-state index in [0.29, 0.717) is 31.6 Å². The molecule has 2 fully saturated rings. The molecule has 2 atom stereocenters. The number of hydrogen-bond donors (Lipinski definition) is 0. The van der Waals surface area contributed by atoms with Gasteiger partial charge in [0, 0.05) is 32.2 Å². The van der Waals surface area contributed by atoms with Crippen molar-refractivity contribution < 1.29 is 4.79 Å². The highest BCUT2D eigenvalue weighted by Crippen LogP contribution is 2.31. The van der Waals surface area contributed by atoms with E-state index in [2.05, 4.69) is 46.2 Å². The Hall–Kier alpha value is -1.90. The maximum atomic E-state index is 12.5. The van der Waals surface area contributed by atoms with Crippen molar-refractivity contribution in [1.82, 2.24) is 14.7 Å². The number of likely N-dealkylation sites (tertiary alicyclic amines) is 2. The van der Waals surface area contributed by atoms with Gasteiger partial charge in [-0.3, -0.25) is 14.6 Å². The minimum Gasteiger partial charge on any atom is -0.344 e. The normalized spacial score (nSPS) is 23.8. The summed E-state index contributed by atoms with van der Waals surface area (Å²) in [4.78, 5) is 19.2. The van der Waals surface area contributed by atoms with Crippen LogP contribution in [0.25, 0.3) is 0 Å². The summed E-state index contributed by atoms with van der Waals surface area (Å²) in [7, 11) is 1.81. The number of carbonyl (C=O) groups excluding carboxylic acids is 1. The molecule has 2 aliphatic heterocycles. The molecule has 0 aromatic heterocycles. The van der Waals surface area contributed by atoms with E-state index in [4.69, 9.17) is 5.26 Å². The predicted molar refractivity (Wildman–Crippen MR) is 102 cm³/mol. The van der Waals surface area contributed by atoms with Crippen molar-refractivity contribution in [2.45, 2.75) is 50.7 Å². The lowest BCUT2D eigenvalue weighted by Gasteiger charge is -2.35. The standard InChI is InChI=1S/C21H30N4O/c1-23(13-7-12-22)21(26)17-25-15-6-11-20(25)19-10-5-14-24(19)16-18-8-3-2-4-9-18/h2-4,8-9,19-20H,5-7,10-11,13-17H2,1H3. The minimum atomic E-state index is 0.139. The minimum absolute atomic E-state index is 0.139. The number of hydrogen-bond acceptors (Lipinski definition) is 4. The maximum absolute atomic E-state index is 12.5. The van der Waals surface area contributed by atoms with Gasteiger partial charge in [-0.15, -0.1) is 0 Å². The van der Waals surface area contributed by atoms with Crippen molar-refractivity contribution in [2.75, 3.05) is 33.2 Å². The molecule has 1 amide bonds. The van der Waals surface area contributed by atoms with Gasteiger partial charge in [0.05, 0.1) is 19.0 Å². The topological polar surface area (TPSA) is 50.6 Å². The second kappa shape index (κ2) is 9.16. The first-order valence-corrected chi connectivity index (χ1v) is 9.82. The summed E-state index contributed by atoms with van der Waals surface area (Å²) in [6.45, 7) is 4.18. The summed E-state index contributed by atoms with van der Waals surface area (Å²) in [5, 5.41) is 8.71. The SMILES string of the molecule is CN(CCC#N)C(=O)CN1CCCC1C1CCCN1Cc1ccccc1. The Morgan fingerprint density at radius 3 is 2.50 bits per heavy atom. The molecule has 1 aromatic carbocycles. The highest BCUT2D eigenvalue weighted by molar-refractivity contribution is 5.78. The fraction of sp³-hybridized carbons (Fsp3) is 0.619. The smallest absolute Gasteiger partial charge is 0.236 e. The fourth-order valence-electron chi connectivity index (χ4n) is 4.42. The van der Waals surface area contributed by atoms with E-state index in [1.807, 2.05) is 7.05 Å². The highest BCUT2D eigenvalue weighted by Gasteiger charge is 2.38. The quantitative estimate of drug-likeness (QED) is 0.755. The van der Waals surface area contributed by atoms with Gasteiger partial charge in [-0.25, -0.2) is 0 Å². The van der Waals surface area contributed by atoms with E-state index < -0.39 is 0 Å². The molecule has 140 valence electrons. The van der Waals surface area contributed by atoms with Crippen LogP contribution in [0.4, 0.5) is 0 Å². The van der Waals surface area contributed by atoms with Gasteiger partial charge in [0.15, 0.2) is 0 Å². The highest BCUT2D eigenvalue weighted by atomic mass is 16.2. The molecule has 5 heteroatoms. The molecular formula is C21H30N4O. The van der Waals surface area contributed by atoms with Gasteiger partial charge >= 0.3 is 0 Å². The summed E-state index contributed by atoms with van der Waals surface area (Å²) in [5.41, 5.74) is 1.37. The first-order valence-electron chi connectivity index (χ1n) is 9.82. The second-order valence-corrected chi connectivity index (χ2v) is 7.57. The van der Waals surface area contributed by atoms with Gasteiger partial charge in [0.1, 0.15) is 0 Å². The van der Waals surface area contributed by atoms with Crippen LogP contribution >= 0.6 is 0 Å². The van der Waals surface area contributed by atoms with Crippen molar-refractivity contribution in [1.29, 1.82) is 5.26 Å². The molecule has 0 N–H and O–H groups in total. The molecule has 0 spiro atoms. The van der Waals surface area contributed by atoms with Crippen molar-refractivity contribution in [3.63, 3.8) is 0 Å². The van der Waals surface area contributed by atoms with E-state index in [1.165, 1.54) is 31.2 Å². The molecule has 2 heterocycles. The van der Waals surface area contributed by atoms with Crippen molar-refractivity contribution in [3.05, 3.63) is 35.9 Å². The van der Waals surface area contributed by atoms with Gasteiger partial charge in [0.25, 0.3) is 0 Å². The first-order chi connectivity index (χ1) is 12.7. The number of benzene rings is 1. The first kappa shape index (κ1) is 18.9. The van der Waals surface area contributed by atoms with Crippen LogP contribution in [-0.4, -0.2) is 65.9 Å². The Morgan fingerprint density at radius 1 is 1.15 bits per heavy atom. The van der Waals surface area contributed by atoms with Crippen molar-refractivity contribution in [2.24, 2.45) is 0 Å². The van der Waals surface area contributed by atoms with E-state index in [0.717, 1.165) is 19.6 Å². The molecular weight excluding hydrogens is 324 g/mol. The van der Waals surface area contributed by atoms with Crippen LogP contribution in [0.2, 0.25) is 0 Å². The number of carbonyl (C=O) groups is 1. The van der Waals surface area contributed by atoms with Gasteiger partial charge < -0.3 is 4.90 Å². The van der Waals surface area contributed by atoms with Crippen molar-refractivity contribution >= 4 is 5.91 Å². The lowest BCUT2D eigenvalue weighted by molar-refractivity contribution is -0.131. The molecule has 0 aliphatic carbocycles. The summed E-state index contributed by atoms with van der Waals surface area (Å²) in [6, 6.07) is 13.8. The van der Waals surface area contributed by atoms with Crippen LogP contribution in [-0.2, 0) is 11.3 Å². The molecule has 5 nitrogen and oxygen atoms in total. The molecule has 0 bridgehead atoms. The third-order valence-electron chi connectivity index (χ3n) is 5.82. The number of rotatable bonds is 7. The Kier molecular flexibility index (Phi) is 6.65. The zero-order valence-corrected chi connectivity index (χ0v) is 15.8. The largest absolute Gasteiger partial charge is 0.344 e. The van der Waals surface area contributed by atoms with Gasteiger partial charge in [-0.05, 0) is 44.3 Å². The van der Waals surface area contributed by atoms with Crippen LogP contribution in [0.5, 0.6) is 0 Å². The summed E-state index contributed by atoms with van der Waals surface area (Å²) >= 11 is 0. The number of nitrogens with zero attached hydrogens (tertiary/aromatic N) is 4. The van der Waals surface area contributed by atoms with Gasteiger partial charge in [-0.1, -0.05) is 30.3 Å². The third-order valence-corrected chi connectivity index (χ3v) is 5.82. The van der Waals surface area contributed by atoms with Crippen LogP contribution < -0.4 is 0 Å². The van der Waals surface area contributed by atoms with E-state index in [9.17, 15) is 4.79 Å².